The highest BCUT2D eigenvalue weighted by atomic mass is 32.2. The van der Waals surface area contributed by atoms with Crippen LogP contribution in [0.2, 0.25) is 0 Å². The third-order valence-electron chi connectivity index (χ3n) is 13.6. The van der Waals surface area contributed by atoms with Gasteiger partial charge in [0.05, 0.1) is 52.8 Å². The molecule has 0 bridgehead atoms. The number of likely N-dealkylation sites (tertiary alicyclic amines) is 1. The van der Waals surface area contributed by atoms with Gasteiger partial charge in [0.1, 0.15) is 23.6 Å². The Morgan fingerprint density at radius 3 is 1.88 bits per heavy atom. The number of sulfonamides is 1. The Morgan fingerprint density at radius 2 is 1.39 bits per heavy atom. The number of nitrogens with one attached hydrogen (secondary N) is 3. The van der Waals surface area contributed by atoms with Crippen LogP contribution in [0.15, 0.2) is 48.5 Å². The fraction of sp³-hybridized carbons (Fsp3) is 0.640. The molecule has 21 nitrogen and oxygen atoms in total. The minimum atomic E-state index is -4.02. The highest BCUT2D eigenvalue weighted by molar-refractivity contribution is 7.90. The van der Waals surface area contributed by atoms with Crippen LogP contribution in [0.25, 0.3) is 0 Å². The Labute approximate surface area is 423 Å². The Hall–Kier alpha value is -5.71. The molecule has 3 N–H and O–H groups in total. The van der Waals surface area contributed by atoms with Gasteiger partial charge in [-0.15, -0.1) is 0 Å². The van der Waals surface area contributed by atoms with Crippen LogP contribution in [0.4, 0.5) is 10.5 Å². The number of carbonyl (C=O) groups excluding carboxylic acids is 6. The van der Waals surface area contributed by atoms with E-state index in [-0.39, 0.29) is 65.5 Å². The molecule has 1 heterocycles. The lowest BCUT2D eigenvalue weighted by molar-refractivity contribution is -0.384. The second-order valence-corrected chi connectivity index (χ2v) is 21.8. The van der Waals surface area contributed by atoms with Gasteiger partial charge in [-0.25, -0.2) is 13.2 Å². The maximum atomic E-state index is 14.5. The summed E-state index contributed by atoms with van der Waals surface area (Å²) < 4.78 is 50.3. The fourth-order valence-corrected chi connectivity index (χ4v) is 10.7. The number of hydrogen-bond acceptors (Lipinski definition) is 15. The number of ether oxygens (including phenoxy) is 4. The van der Waals surface area contributed by atoms with Crippen molar-refractivity contribution in [3.8, 4) is 11.5 Å². The molecule has 1 unspecified atom stereocenters. The SMILES string of the molecule is CC[C@H](C)C([C@@H](CC(=O)N1CCC[C@H]1[C@H](OC)[C@@H](C)C(=O)N[C@@H](Cc1ccc(OC(=O)Oc2ccc([N+](=O)[O-])cc2)cc1)C(=O)NS(=O)(=O)C1CC1)OC)N(C)C(=O)[C@@H](NC(=O)[C@H](C(C)C)N(C)C)C(C)C. The third-order valence-corrected chi connectivity index (χ3v) is 15.4. The maximum Gasteiger partial charge on any atom is 0.519 e. The summed E-state index contributed by atoms with van der Waals surface area (Å²) >= 11 is 0. The molecule has 9 atom stereocenters. The van der Waals surface area contributed by atoms with E-state index in [2.05, 4.69) is 15.4 Å². The van der Waals surface area contributed by atoms with Crippen LogP contribution in [0.1, 0.15) is 92.6 Å². The number of carbonyl (C=O) groups is 6. The molecule has 22 heteroatoms. The quantitative estimate of drug-likeness (QED) is 0.0509. The van der Waals surface area contributed by atoms with Gasteiger partial charge in [-0.3, -0.25) is 43.7 Å². The van der Waals surface area contributed by atoms with E-state index < -0.39 is 86.5 Å². The molecule has 5 amide bonds. The summed E-state index contributed by atoms with van der Waals surface area (Å²) in [4.78, 5) is 98.1. The molecular formula is C50H75N7O14S. The number of non-ortho nitro benzene ring substituents is 1. The molecule has 2 aromatic carbocycles. The third kappa shape index (κ3) is 15.6. The molecular weight excluding hydrogens is 955 g/mol. The molecule has 2 fully saturated rings. The van der Waals surface area contributed by atoms with Crippen LogP contribution < -0.4 is 24.8 Å². The van der Waals surface area contributed by atoms with Crippen molar-refractivity contribution >= 4 is 51.4 Å². The summed E-state index contributed by atoms with van der Waals surface area (Å²) in [6.45, 7) is 13.6. The number of amides is 5. The van der Waals surface area contributed by atoms with Crippen molar-refractivity contribution in [1.82, 2.24) is 30.1 Å². The average Bonchev–Trinajstić information content (AvgIpc) is 4.08. The van der Waals surface area contributed by atoms with Gasteiger partial charge in [-0.05, 0) is 87.4 Å². The molecule has 2 aliphatic rings. The van der Waals surface area contributed by atoms with Crippen molar-refractivity contribution in [2.45, 2.75) is 141 Å². The van der Waals surface area contributed by atoms with Gasteiger partial charge >= 0.3 is 6.16 Å². The first-order chi connectivity index (χ1) is 33.8. The molecule has 0 spiro atoms. The van der Waals surface area contributed by atoms with Crippen LogP contribution in [-0.4, -0.2) is 153 Å². The molecule has 1 saturated heterocycles. The average molecular weight is 1030 g/mol. The van der Waals surface area contributed by atoms with Crippen molar-refractivity contribution in [3.63, 3.8) is 0 Å². The minimum Gasteiger partial charge on any atom is -0.395 e. The van der Waals surface area contributed by atoms with Crippen molar-refractivity contribution < 1.29 is 61.1 Å². The maximum absolute atomic E-state index is 14.5. The van der Waals surface area contributed by atoms with E-state index >= 15 is 0 Å². The highest BCUT2D eigenvalue weighted by Gasteiger charge is 2.44. The van der Waals surface area contributed by atoms with E-state index in [4.69, 9.17) is 18.9 Å². The minimum absolute atomic E-state index is 0.00807. The van der Waals surface area contributed by atoms with Crippen LogP contribution in [0, 0.1) is 33.8 Å². The molecule has 4 rings (SSSR count). The molecule has 0 radical (unpaired) electrons. The standard InChI is InChI=1S/C50H75N7O14S/c1-13-31(6)44(55(10)49(62)42(29(2)3)52-48(61)43(30(4)5)54(8)9)40(68-11)28-41(58)56-26-14-15-39(56)45(69-12)32(7)46(59)51-38(47(60)53-72(66,67)37-24-25-37)27-33-16-20-35(21-17-33)70-50(63)71-36-22-18-34(19-23-36)57(64)65/h16-23,29-32,37-40,42-45H,13-15,24-28H2,1-12H3,(H,51,59)(H,52,61)(H,53,60)/t31-,32+,38-,39-,40+,42-,43-,44?,45+/m0/s1. The first kappa shape index (κ1) is 58.9. The molecule has 0 aromatic heterocycles. The van der Waals surface area contributed by atoms with Crippen LogP contribution >= 0.6 is 0 Å². The molecule has 72 heavy (non-hydrogen) atoms. The van der Waals surface area contributed by atoms with Gasteiger partial charge in [0.15, 0.2) is 0 Å². The summed E-state index contributed by atoms with van der Waals surface area (Å²) in [5.41, 5.74) is 0.267. The smallest absolute Gasteiger partial charge is 0.395 e. The van der Waals surface area contributed by atoms with Gasteiger partial charge in [-0.2, -0.15) is 0 Å². The summed E-state index contributed by atoms with van der Waals surface area (Å²) in [5, 5.41) is 15.9. The van der Waals surface area contributed by atoms with E-state index in [1.165, 1.54) is 50.6 Å². The largest absolute Gasteiger partial charge is 0.519 e. The lowest BCUT2D eigenvalue weighted by Crippen LogP contribution is -2.59. The number of benzene rings is 2. The second-order valence-electron chi connectivity index (χ2n) is 19.8. The van der Waals surface area contributed by atoms with E-state index in [0.29, 0.717) is 44.2 Å². The number of likely N-dealkylation sites (N-methyl/N-ethyl adjacent to an activating group) is 2. The van der Waals surface area contributed by atoms with E-state index in [0.717, 1.165) is 12.1 Å². The molecule has 2 aromatic rings. The molecule has 1 aliphatic carbocycles. The molecule has 400 valence electrons. The summed E-state index contributed by atoms with van der Waals surface area (Å²) in [5.74, 6) is -3.71. The number of nitro groups is 1. The normalized spacial score (nSPS) is 18.3. The van der Waals surface area contributed by atoms with E-state index in [1.54, 1.807) is 23.8 Å². The lowest BCUT2D eigenvalue weighted by Gasteiger charge is -2.41. The Morgan fingerprint density at radius 1 is 0.806 bits per heavy atom. The predicted octanol–water partition coefficient (Wildman–Crippen LogP) is 4.46. The predicted molar refractivity (Wildman–Crippen MR) is 267 cm³/mol. The monoisotopic (exact) mass is 1030 g/mol. The van der Waals surface area contributed by atoms with Crippen molar-refractivity contribution in [3.05, 3.63) is 64.2 Å². The van der Waals surface area contributed by atoms with Gasteiger partial charge in [-0.1, -0.05) is 67.0 Å². The summed E-state index contributed by atoms with van der Waals surface area (Å²) in [6.07, 6.45) is -0.467. The Bertz CT molecular complexity index is 2300. The zero-order valence-electron chi connectivity index (χ0n) is 43.6. The second kappa shape index (κ2) is 26.3. The van der Waals surface area contributed by atoms with Gasteiger partial charge in [0.25, 0.3) is 11.6 Å². The van der Waals surface area contributed by atoms with Gasteiger partial charge in [0, 0.05) is 46.4 Å². The summed E-state index contributed by atoms with van der Waals surface area (Å²) in [6, 6.07) is 6.83. The number of methoxy groups -OCH3 is 2. The molecule has 1 saturated carbocycles. The van der Waals surface area contributed by atoms with E-state index in [9.17, 15) is 47.3 Å². The van der Waals surface area contributed by atoms with Crippen LogP contribution in [0.5, 0.6) is 11.5 Å². The highest BCUT2D eigenvalue weighted by Crippen LogP contribution is 2.31. The Balaban J connectivity index is 1.49. The first-order valence-corrected chi connectivity index (χ1v) is 26.1. The number of hydrogen-bond donors (Lipinski definition) is 3. The van der Waals surface area contributed by atoms with Crippen molar-refractivity contribution in [2.75, 3.05) is 41.9 Å². The van der Waals surface area contributed by atoms with Crippen molar-refractivity contribution in [1.29, 1.82) is 0 Å². The van der Waals surface area contributed by atoms with Crippen molar-refractivity contribution in [2.24, 2.45) is 23.7 Å². The van der Waals surface area contributed by atoms with E-state index in [1.807, 2.05) is 60.5 Å². The number of rotatable bonds is 26. The zero-order chi connectivity index (χ0) is 53.8. The fourth-order valence-electron chi connectivity index (χ4n) is 9.38. The van der Waals surface area contributed by atoms with Crippen LogP contribution in [-0.2, 0) is 49.9 Å². The zero-order valence-corrected chi connectivity index (χ0v) is 44.4. The first-order valence-electron chi connectivity index (χ1n) is 24.5. The topological polar surface area (TPSA) is 262 Å². The van der Waals surface area contributed by atoms with Gasteiger partial charge in [0.2, 0.25) is 33.7 Å². The Kier molecular flexibility index (Phi) is 21.5. The number of nitrogens with zero attached hydrogens (tertiary/aromatic N) is 4. The molecule has 1 aliphatic heterocycles. The summed E-state index contributed by atoms with van der Waals surface area (Å²) in [7, 11) is 4.23. The van der Waals surface area contributed by atoms with Crippen LogP contribution in [0.3, 0.4) is 0 Å². The van der Waals surface area contributed by atoms with Gasteiger partial charge < -0.3 is 39.4 Å². The lowest BCUT2D eigenvalue weighted by atomic mass is 9.89. The number of nitro benzene ring substituents is 1.